The number of oxime groups is 1. The normalized spacial score (nSPS) is 26.7. The van der Waals surface area contributed by atoms with E-state index in [4.69, 9.17) is 31.0 Å². The van der Waals surface area contributed by atoms with Gasteiger partial charge >= 0.3 is 17.3 Å². The summed E-state index contributed by atoms with van der Waals surface area (Å²) >= 11 is -1.78. The lowest BCUT2D eigenvalue weighted by Crippen LogP contribution is -2.76. The van der Waals surface area contributed by atoms with E-state index in [2.05, 4.69) is 32.0 Å². The fourth-order valence-corrected chi connectivity index (χ4v) is 7.01. The van der Waals surface area contributed by atoms with E-state index in [1.165, 1.54) is 26.2 Å². The van der Waals surface area contributed by atoms with Crippen LogP contribution in [0.15, 0.2) is 28.7 Å². The fraction of sp³-hybridized carbons (Fsp3) is 0.533. The van der Waals surface area contributed by atoms with Crippen molar-refractivity contribution in [2.24, 2.45) is 10.9 Å². The van der Waals surface area contributed by atoms with Gasteiger partial charge in [-0.05, 0) is 90.0 Å². The second-order valence-electron chi connectivity index (χ2n) is 13.4. The summed E-state index contributed by atoms with van der Waals surface area (Å²) < 4.78 is 30.9. The highest BCUT2D eigenvalue weighted by Gasteiger charge is 2.57. The summed E-state index contributed by atoms with van der Waals surface area (Å²) in [6.07, 6.45) is 3.07. The van der Waals surface area contributed by atoms with Crippen molar-refractivity contribution in [3.63, 3.8) is 0 Å². The summed E-state index contributed by atoms with van der Waals surface area (Å²) in [5.74, 6) is -2.46. The highest BCUT2D eigenvalue weighted by molar-refractivity contribution is 7.74. The van der Waals surface area contributed by atoms with Crippen LogP contribution in [-0.4, -0.2) is 88.1 Å². The Kier molecular flexibility index (Phi) is 10.0. The zero-order valence-corrected chi connectivity index (χ0v) is 29.0. The van der Waals surface area contributed by atoms with Crippen molar-refractivity contribution in [2.45, 2.75) is 101 Å². The lowest BCUT2D eigenvalue weighted by Gasteiger charge is -2.50. The summed E-state index contributed by atoms with van der Waals surface area (Å²) in [4.78, 5) is 48.4. The molecule has 2 aliphatic heterocycles. The number of ether oxygens (including phenoxy) is 1. The smallest absolute Gasteiger partial charge is 0.354 e. The Bertz CT molecular complexity index is 1710. The number of carboxylic acid groups (broad SMARTS) is 1. The van der Waals surface area contributed by atoms with Gasteiger partial charge in [0.05, 0.1) is 5.54 Å². The average Bonchev–Trinajstić information content (AvgIpc) is 3.48. The summed E-state index contributed by atoms with van der Waals surface area (Å²) in [6, 6.07) is 4.25. The maximum Gasteiger partial charge on any atom is 0.354 e. The van der Waals surface area contributed by atoms with Crippen molar-refractivity contribution >= 4 is 57.2 Å². The molecule has 266 valence electrons. The van der Waals surface area contributed by atoms with Crippen molar-refractivity contribution in [3.8, 4) is 5.75 Å². The Balaban J connectivity index is 1.32. The molecule has 9 N–H and O–H groups in total. The number of fused-ring (bicyclic) bond motifs is 1. The van der Waals surface area contributed by atoms with Crippen LogP contribution in [0.5, 0.6) is 5.75 Å². The maximum atomic E-state index is 13.5. The maximum absolute atomic E-state index is 13.5. The minimum absolute atomic E-state index is 0.0367. The van der Waals surface area contributed by atoms with E-state index in [1.54, 1.807) is 12.1 Å². The number of hydroxylamine groups is 2. The average molecular weight is 721 g/mol. The SMILES string of the molecule is CC(O/N=C(\C(=O)NC1C(=O)N(OS(=O)O)C1(C)C)c1csc(N)n1)(C(=O)O)C1CCc2cc(C(=N)N[C@]3(C)CC[C@H](N)CC3)ccc2O1. The van der Waals surface area contributed by atoms with E-state index in [1.807, 2.05) is 6.07 Å². The zero-order valence-electron chi connectivity index (χ0n) is 27.3. The first-order valence-electron chi connectivity index (χ1n) is 15.5. The minimum atomic E-state index is -2.77. The molecule has 1 saturated carbocycles. The number of aliphatic carboxylic acids is 1. The number of aromatic nitrogens is 1. The summed E-state index contributed by atoms with van der Waals surface area (Å²) in [6.45, 7) is 6.35. The Morgan fingerprint density at radius 3 is 2.55 bits per heavy atom. The molecule has 4 unspecified atom stereocenters. The molecule has 2 fully saturated rings. The molecule has 17 nitrogen and oxygen atoms in total. The predicted octanol–water partition coefficient (Wildman–Crippen LogP) is 1.43. The monoisotopic (exact) mass is 720 g/mol. The molecular formula is C30H40N8O9S2. The molecule has 0 bridgehead atoms. The topological polar surface area (TPSA) is 265 Å². The number of thiazole rings is 1. The number of aryl methyl sites for hydroxylation is 1. The number of anilines is 1. The minimum Gasteiger partial charge on any atom is -0.485 e. The molecular weight excluding hydrogens is 681 g/mol. The Morgan fingerprint density at radius 1 is 1.27 bits per heavy atom. The number of carboxylic acids is 1. The summed E-state index contributed by atoms with van der Waals surface area (Å²) in [5, 5.41) is 30.9. The number of benzene rings is 1. The zero-order chi connectivity index (χ0) is 35.9. The van der Waals surface area contributed by atoms with E-state index >= 15 is 0 Å². The molecule has 1 aliphatic carbocycles. The number of carbonyl (C=O) groups is 3. The Hall–Kier alpha value is -4.17. The largest absolute Gasteiger partial charge is 0.485 e. The van der Waals surface area contributed by atoms with Gasteiger partial charge < -0.3 is 36.8 Å². The molecule has 19 heteroatoms. The molecule has 5 rings (SSSR count). The van der Waals surface area contributed by atoms with Crippen LogP contribution in [0.2, 0.25) is 0 Å². The lowest BCUT2D eigenvalue weighted by atomic mass is 9.81. The third kappa shape index (κ3) is 7.40. The molecule has 3 aliphatic rings. The van der Waals surface area contributed by atoms with Crippen molar-refractivity contribution in [3.05, 3.63) is 40.4 Å². The third-order valence-electron chi connectivity index (χ3n) is 9.29. The van der Waals surface area contributed by atoms with Gasteiger partial charge in [0, 0.05) is 22.5 Å². The van der Waals surface area contributed by atoms with Crippen LogP contribution in [0.4, 0.5) is 5.13 Å². The van der Waals surface area contributed by atoms with E-state index in [0.717, 1.165) is 42.6 Å². The van der Waals surface area contributed by atoms with Gasteiger partial charge in [0.1, 0.15) is 23.3 Å². The number of nitrogens with two attached hydrogens (primary N) is 2. The number of nitrogens with zero attached hydrogens (tertiary/aromatic N) is 3. The van der Waals surface area contributed by atoms with Gasteiger partial charge in [-0.25, -0.2) is 9.78 Å². The number of rotatable bonds is 11. The van der Waals surface area contributed by atoms with Crippen molar-refractivity contribution < 1.29 is 42.1 Å². The number of hydrogen-bond donors (Lipinski definition) is 7. The number of hydrogen-bond acceptors (Lipinski definition) is 13. The lowest BCUT2D eigenvalue weighted by molar-refractivity contribution is -0.216. The first-order valence-corrected chi connectivity index (χ1v) is 17.4. The molecule has 4 atom stereocenters. The van der Waals surface area contributed by atoms with Crippen LogP contribution in [-0.2, 0) is 41.3 Å². The second kappa shape index (κ2) is 13.6. The molecule has 2 aromatic rings. The van der Waals surface area contributed by atoms with Crippen LogP contribution in [0.1, 0.15) is 76.6 Å². The first-order chi connectivity index (χ1) is 22.9. The number of nitrogen functional groups attached to an aromatic ring is 1. The quantitative estimate of drug-likeness (QED) is 0.0570. The van der Waals surface area contributed by atoms with Crippen LogP contribution >= 0.6 is 11.3 Å². The third-order valence-corrected chi connectivity index (χ3v) is 10.2. The van der Waals surface area contributed by atoms with E-state index in [-0.39, 0.29) is 34.7 Å². The van der Waals surface area contributed by atoms with Crippen LogP contribution in [0.3, 0.4) is 0 Å². The van der Waals surface area contributed by atoms with Crippen LogP contribution in [0.25, 0.3) is 0 Å². The molecule has 0 spiro atoms. The molecule has 1 saturated heterocycles. The fourth-order valence-electron chi connectivity index (χ4n) is 6.07. The van der Waals surface area contributed by atoms with Crippen molar-refractivity contribution in [1.29, 1.82) is 5.41 Å². The summed E-state index contributed by atoms with van der Waals surface area (Å²) in [7, 11) is 0. The molecule has 0 radical (unpaired) electrons. The second-order valence-corrected chi connectivity index (χ2v) is 14.8. The van der Waals surface area contributed by atoms with E-state index in [9.17, 15) is 23.7 Å². The predicted molar refractivity (Wildman–Crippen MR) is 179 cm³/mol. The molecule has 1 aromatic carbocycles. The van der Waals surface area contributed by atoms with Gasteiger partial charge in [-0.15, -0.1) is 15.6 Å². The highest BCUT2D eigenvalue weighted by Crippen LogP contribution is 2.36. The highest BCUT2D eigenvalue weighted by atomic mass is 32.2. The molecule has 2 amide bonds. The van der Waals surface area contributed by atoms with E-state index in [0.29, 0.717) is 22.8 Å². The van der Waals surface area contributed by atoms with Crippen molar-refractivity contribution in [1.82, 2.24) is 20.7 Å². The van der Waals surface area contributed by atoms with Crippen molar-refractivity contribution in [2.75, 3.05) is 5.73 Å². The molecule has 49 heavy (non-hydrogen) atoms. The summed E-state index contributed by atoms with van der Waals surface area (Å²) in [5.41, 5.74) is 9.25. The molecule has 1 aromatic heterocycles. The van der Waals surface area contributed by atoms with Gasteiger partial charge in [-0.2, -0.15) is 9.27 Å². The van der Waals surface area contributed by atoms with Gasteiger partial charge in [-0.1, -0.05) is 5.16 Å². The number of amides is 2. The van der Waals surface area contributed by atoms with Crippen LogP contribution < -0.4 is 26.8 Å². The number of amidine groups is 1. The Labute approximate surface area is 288 Å². The first kappa shape index (κ1) is 36.1. The number of β-lactam (4-membered cyclic amide) rings is 1. The van der Waals surface area contributed by atoms with Crippen LogP contribution in [0, 0.1) is 5.41 Å². The Morgan fingerprint density at radius 2 is 1.96 bits per heavy atom. The van der Waals surface area contributed by atoms with Gasteiger partial charge in [-0.3, -0.25) is 19.6 Å². The molecule has 3 heterocycles. The van der Waals surface area contributed by atoms with E-state index < -0.39 is 58.1 Å². The van der Waals surface area contributed by atoms with Gasteiger partial charge in [0.25, 0.3) is 17.4 Å². The number of carbonyl (C=O) groups excluding carboxylic acids is 2. The van der Waals surface area contributed by atoms with Gasteiger partial charge in [0.15, 0.2) is 16.9 Å². The standard InChI is InChI=1S/C30H40N8O9S2/c1-28(2)22(25(40)38(28)47-49(43)44)35-24(39)21(18-14-48-27(33)34-18)37-46-30(4,26(41)42)20-8-6-15-13-16(5-7-19(15)45-20)23(32)36-29(3)11-9-17(31)10-12-29/h5,7,13-14,17,20,22H,6,8-12,31H2,1-4H3,(H2,32,36)(H2,33,34)(H,35,39)(H,41,42)(H,43,44)/b37-21-/t17-,20?,22?,29+,30?. The van der Waals surface area contributed by atoms with Gasteiger partial charge in [0.2, 0.25) is 0 Å². The number of nitrogens with one attached hydrogen (secondary N) is 3.